The van der Waals surface area contributed by atoms with Crippen LogP contribution in [0.15, 0.2) is 11.4 Å². The lowest BCUT2D eigenvalue weighted by molar-refractivity contribution is -0.136. The maximum Gasteiger partial charge on any atom is 0.418 e. The Morgan fingerprint density at radius 2 is 2.14 bits per heavy atom. The second-order valence-corrected chi connectivity index (χ2v) is 7.38. The van der Waals surface area contributed by atoms with Crippen LogP contribution in [0.3, 0.4) is 0 Å². The number of amides is 2. The van der Waals surface area contributed by atoms with Crippen molar-refractivity contribution in [2.75, 3.05) is 13.6 Å². The van der Waals surface area contributed by atoms with Crippen LogP contribution in [0.25, 0.3) is 10.2 Å². The van der Waals surface area contributed by atoms with Crippen LogP contribution in [0.4, 0.5) is 18.0 Å². The average Bonchev–Trinajstić information content (AvgIpc) is 3.03. The molecule has 11 heteroatoms. The number of hydrogen-bond donors (Lipinski definition) is 2. The Bertz CT molecular complexity index is 915. The van der Waals surface area contributed by atoms with Crippen LogP contribution in [-0.2, 0) is 6.18 Å². The predicted molar refractivity (Wildman–Crippen MR) is 95.9 cm³/mol. The Labute approximate surface area is 162 Å². The highest BCUT2D eigenvalue weighted by atomic mass is 32.1. The first kappa shape index (κ1) is 20.2. The molecular weight excluding hydrogens is 399 g/mol. The van der Waals surface area contributed by atoms with Gasteiger partial charge in [0.1, 0.15) is 6.10 Å². The second kappa shape index (κ2) is 7.46. The molecule has 0 radical (unpaired) electrons. The standard InChI is InChI=1S/C17H18F3N3O4S/c1-8-5-9(3-4-23(8)16(25)26)27-12-6-11(17(18,19)20)14-13(22-12)10(7-28-14)15(24)21-2/h6-9H,3-5H2,1-2H3,(H,21,24)(H,25,26)/t8-,9-/m0/s1. The van der Waals surface area contributed by atoms with Crippen molar-refractivity contribution in [1.82, 2.24) is 15.2 Å². The monoisotopic (exact) mass is 417 g/mol. The molecule has 2 aromatic heterocycles. The number of nitrogens with one attached hydrogen (secondary N) is 1. The summed E-state index contributed by atoms with van der Waals surface area (Å²) in [7, 11) is 1.38. The number of carbonyl (C=O) groups excluding carboxylic acids is 1. The first-order chi connectivity index (χ1) is 13.1. The summed E-state index contributed by atoms with van der Waals surface area (Å²) in [6.45, 7) is 1.93. The molecule has 1 aliphatic rings. The number of alkyl halides is 3. The number of carbonyl (C=O) groups is 2. The van der Waals surface area contributed by atoms with Crippen LogP contribution in [0, 0.1) is 0 Å². The molecule has 0 unspecified atom stereocenters. The zero-order valence-electron chi connectivity index (χ0n) is 15.0. The molecule has 7 nitrogen and oxygen atoms in total. The number of halogens is 3. The second-order valence-electron chi connectivity index (χ2n) is 6.50. The first-order valence-corrected chi connectivity index (χ1v) is 9.37. The highest BCUT2D eigenvalue weighted by Crippen LogP contribution is 2.40. The van der Waals surface area contributed by atoms with E-state index in [1.165, 1.54) is 17.3 Å². The van der Waals surface area contributed by atoms with Crippen molar-refractivity contribution in [3.8, 4) is 5.88 Å². The van der Waals surface area contributed by atoms with Crippen molar-refractivity contribution >= 4 is 33.6 Å². The Hall–Kier alpha value is -2.56. The molecular formula is C17H18F3N3O4S. The van der Waals surface area contributed by atoms with Gasteiger partial charge in [0.2, 0.25) is 5.88 Å². The molecule has 2 aromatic rings. The minimum Gasteiger partial charge on any atom is -0.474 e. The third-order valence-corrected chi connectivity index (χ3v) is 5.64. The molecule has 0 aromatic carbocycles. The lowest BCUT2D eigenvalue weighted by Crippen LogP contribution is -2.46. The van der Waals surface area contributed by atoms with Crippen LogP contribution >= 0.6 is 11.3 Å². The molecule has 2 amide bonds. The van der Waals surface area contributed by atoms with Crippen molar-refractivity contribution in [2.24, 2.45) is 0 Å². The van der Waals surface area contributed by atoms with E-state index in [9.17, 15) is 22.8 Å². The Morgan fingerprint density at radius 1 is 1.43 bits per heavy atom. The van der Waals surface area contributed by atoms with E-state index in [1.54, 1.807) is 6.92 Å². The van der Waals surface area contributed by atoms with E-state index in [-0.39, 0.29) is 34.2 Å². The molecule has 0 bridgehead atoms. The van der Waals surface area contributed by atoms with Gasteiger partial charge in [-0.05, 0) is 6.92 Å². The van der Waals surface area contributed by atoms with E-state index in [4.69, 9.17) is 9.84 Å². The maximum atomic E-state index is 13.5. The largest absolute Gasteiger partial charge is 0.474 e. The van der Waals surface area contributed by atoms with Crippen molar-refractivity contribution in [2.45, 2.75) is 38.1 Å². The topological polar surface area (TPSA) is 91.8 Å². The zero-order valence-corrected chi connectivity index (χ0v) is 15.9. The summed E-state index contributed by atoms with van der Waals surface area (Å²) in [6.07, 6.45) is -5.48. The van der Waals surface area contributed by atoms with Crippen LogP contribution in [0.1, 0.15) is 35.7 Å². The summed E-state index contributed by atoms with van der Waals surface area (Å²) >= 11 is 0.799. The minimum atomic E-state index is -4.63. The fraction of sp³-hybridized carbons (Fsp3) is 0.471. The zero-order chi connectivity index (χ0) is 20.6. The van der Waals surface area contributed by atoms with Gasteiger partial charge in [-0.1, -0.05) is 0 Å². The quantitative estimate of drug-likeness (QED) is 0.797. The highest BCUT2D eigenvalue weighted by molar-refractivity contribution is 7.17. The summed E-state index contributed by atoms with van der Waals surface area (Å²) < 4.78 is 46.1. The lowest BCUT2D eigenvalue weighted by Gasteiger charge is -2.35. The highest BCUT2D eigenvalue weighted by Gasteiger charge is 2.36. The number of aromatic nitrogens is 1. The predicted octanol–water partition coefficient (Wildman–Crippen LogP) is 3.58. The first-order valence-electron chi connectivity index (χ1n) is 8.49. The molecule has 2 atom stereocenters. The molecule has 3 heterocycles. The van der Waals surface area contributed by atoms with Gasteiger partial charge in [-0.3, -0.25) is 4.79 Å². The molecule has 2 N–H and O–H groups in total. The number of thiophene rings is 1. The van der Waals surface area contributed by atoms with Gasteiger partial charge < -0.3 is 20.1 Å². The third kappa shape index (κ3) is 3.84. The summed E-state index contributed by atoms with van der Waals surface area (Å²) in [5.74, 6) is -0.767. The maximum absolute atomic E-state index is 13.5. The molecule has 3 rings (SSSR count). The lowest BCUT2D eigenvalue weighted by atomic mass is 10.0. The fourth-order valence-electron chi connectivity index (χ4n) is 3.24. The van der Waals surface area contributed by atoms with Gasteiger partial charge in [-0.2, -0.15) is 13.2 Å². The molecule has 1 fully saturated rings. The Morgan fingerprint density at radius 3 is 2.71 bits per heavy atom. The normalized spacial score (nSPS) is 20.2. The molecule has 0 spiro atoms. The number of pyridine rings is 1. The number of fused-ring (bicyclic) bond motifs is 1. The third-order valence-electron chi connectivity index (χ3n) is 4.64. The van der Waals surface area contributed by atoms with Gasteiger partial charge in [0.25, 0.3) is 5.91 Å². The molecule has 0 aliphatic carbocycles. The fourth-order valence-corrected chi connectivity index (χ4v) is 4.27. The van der Waals surface area contributed by atoms with Gasteiger partial charge in [0.05, 0.1) is 21.3 Å². The van der Waals surface area contributed by atoms with Crippen molar-refractivity contribution in [3.05, 3.63) is 22.6 Å². The smallest absolute Gasteiger partial charge is 0.418 e. The summed E-state index contributed by atoms with van der Waals surface area (Å²) in [4.78, 5) is 28.5. The van der Waals surface area contributed by atoms with Crippen LogP contribution in [0.2, 0.25) is 0 Å². The van der Waals surface area contributed by atoms with Gasteiger partial charge in [0.15, 0.2) is 0 Å². The van der Waals surface area contributed by atoms with Gasteiger partial charge in [0, 0.05) is 43.9 Å². The van der Waals surface area contributed by atoms with Crippen LogP contribution < -0.4 is 10.1 Å². The van der Waals surface area contributed by atoms with Crippen molar-refractivity contribution in [3.63, 3.8) is 0 Å². The Balaban J connectivity index is 1.95. The van der Waals surface area contributed by atoms with E-state index in [2.05, 4.69) is 10.3 Å². The number of likely N-dealkylation sites (tertiary alicyclic amines) is 1. The SMILES string of the molecule is CNC(=O)c1csc2c(C(F)(F)F)cc(O[C@H]3CCN(C(=O)O)[C@@H](C)C3)nc12. The number of rotatable bonds is 3. The molecule has 1 saturated heterocycles. The molecule has 1 aliphatic heterocycles. The van der Waals surface area contributed by atoms with Gasteiger partial charge in [-0.25, -0.2) is 9.78 Å². The van der Waals surface area contributed by atoms with Crippen molar-refractivity contribution < 1.29 is 32.6 Å². The van der Waals surface area contributed by atoms with Gasteiger partial charge >= 0.3 is 12.3 Å². The Kier molecular flexibility index (Phi) is 5.37. The van der Waals surface area contributed by atoms with E-state index in [0.717, 1.165) is 17.4 Å². The van der Waals surface area contributed by atoms with E-state index in [0.29, 0.717) is 12.8 Å². The van der Waals surface area contributed by atoms with Gasteiger partial charge in [-0.15, -0.1) is 11.3 Å². The summed E-state index contributed by atoms with van der Waals surface area (Å²) in [5.41, 5.74) is -0.929. The van der Waals surface area contributed by atoms with Crippen LogP contribution in [-0.4, -0.2) is 52.7 Å². The minimum absolute atomic E-state index is 0.0486. The number of carboxylic acid groups (broad SMARTS) is 1. The molecule has 28 heavy (non-hydrogen) atoms. The van der Waals surface area contributed by atoms with Crippen LogP contribution in [0.5, 0.6) is 5.88 Å². The summed E-state index contributed by atoms with van der Waals surface area (Å²) in [5, 5.41) is 12.8. The molecule has 0 saturated carbocycles. The summed E-state index contributed by atoms with van der Waals surface area (Å²) in [6, 6.07) is 0.505. The number of nitrogens with zero attached hydrogens (tertiary/aromatic N) is 2. The molecule has 152 valence electrons. The van der Waals surface area contributed by atoms with Crippen molar-refractivity contribution in [1.29, 1.82) is 0 Å². The van der Waals surface area contributed by atoms with E-state index >= 15 is 0 Å². The number of piperidine rings is 1. The van der Waals surface area contributed by atoms with E-state index in [1.807, 2.05) is 0 Å². The average molecular weight is 417 g/mol. The van der Waals surface area contributed by atoms with E-state index < -0.39 is 29.8 Å². The number of hydrogen-bond acceptors (Lipinski definition) is 5. The number of ether oxygens (including phenoxy) is 1.